The molecule has 5 heteroatoms. The zero-order chi connectivity index (χ0) is 14.4. The second-order valence-corrected chi connectivity index (χ2v) is 4.39. The first-order valence-electron chi connectivity index (χ1n) is 5.74. The average molecular weight is 285 g/mol. The number of carbonyl (C=O) groups excluding carboxylic acids is 2. The third-order valence-electron chi connectivity index (χ3n) is 2.72. The maximum absolute atomic E-state index is 10.1. The van der Waals surface area contributed by atoms with Gasteiger partial charge in [0.05, 0.1) is 16.8 Å². The highest BCUT2D eigenvalue weighted by Crippen LogP contribution is 2.30. The summed E-state index contributed by atoms with van der Waals surface area (Å²) in [6.07, 6.45) is 2.97. The maximum Gasteiger partial charge on any atom is 0.240 e. The molecule has 0 atom stereocenters. The number of aliphatic imine (C=N–C) groups is 2. The van der Waals surface area contributed by atoms with E-state index >= 15 is 0 Å². The van der Waals surface area contributed by atoms with E-state index in [-0.39, 0.29) is 5.38 Å². The van der Waals surface area contributed by atoms with Gasteiger partial charge >= 0.3 is 0 Å². The van der Waals surface area contributed by atoms with Crippen LogP contribution in [-0.2, 0) is 9.59 Å². The predicted octanol–water partition coefficient (Wildman–Crippen LogP) is 3.95. The summed E-state index contributed by atoms with van der Waals surface area (Å²) in [5.74, 6) is 0. The number of nitrogens with zero attached hydrogens (tertiary/aromatic N) is 2. The number of benzene rings is 2. The summed E-state index contributed by atoms with van der Waals surface area (Å²) in [7, 11) is 0. The Bertz CT molecular complexity index is 621. The van der Waals surface area contributed by atoms with E-state index in [1.165, 1.54) is 12.2 Å². The highest BCUT2D eigenvalue weighted by Gasteiger charge is 2.10. The molecule has 2 aromatic rings. The van der Waals surface area contributed by atoms with E-state index in [4.69, 9.17) is 11.6 Å². The lowest BCUT2D eigenvalue weighted by Gasteiger charge is -2.10. The van der Waals surface area contributed by atoms with Gasteiger partial charge < -0.3 is 0 Å². The molecule has 0 N–H and O–H groups in total. The minimum Gasteiger partial charge on any atom is -0.211 e. The summed E-state index contributed by atoms with van der Waals surface area (Å²) in [6, 6.07) is 14.0. The minimum atomic E-state index is -0.335. The van der Waals surface area contributed by atoms with Gasteiger partial charge in [0, 0.05) is 0 Å². The van der Waals surface area contributed by atoms with Gasteiger partial charge in [0.15, 0.2) is 0 Å². The molecular formula is C15H9ClN2O2. The lowest BCUT2D eigenvalue weighted by Crippen LogP contribution is -1.92. The van der Waals surface area contributed by atoms with Crippen molar-refractivity contribution < 1.29 is 9.59 Å². The van der Waals surface area contributed by atoms with Crippen LogP contribution in [0.1, 0.15) is 16.5 Å². The summed E-state index contributed by atoms with van der Waals surface area (Å²) in [5, 5.41) is -0.335. The van der Waals surface area contributed by atoms with Crippen molar-refractivity contribution in [2.24, 2.45) is 9.98 Å². The Labute approximate surface area is 120 Å². The van der Waals surface area contributed by atoms with Gasteiger partial charge in [-0.2, -0.15) is 9.98 Å². The molecule has 0 radical (unpaired) electrons. The molecule has 20 heavy (non-hydrogen) atoms. The standard InChI is InChI=1S/C15H9ClN2O2/c16-15(11-1-5-13(6-2-11)17-9-19)12-3-7-14(8-4-12)18-10-20/h1-8,15H. The van der Waals surface area contributed by atoms with Crippen molar-refractivity contribution in [3.8, 4) is 0 Å². The summed E-state index contributed by atoms with van der Waals surface area (Å²) in [5.41, 5.74) is 2.82. The number of isocyanates is 2. The molecule has 4 nitrogen and oxygen atoms in total. The zero-order valence-corrected chi connectivity index (χ0v) is 11.0. The molecule has 0 aromatic heterocycles. The Morgan fingerprint density at radius 2 is 1.10 bits per heavy atom. The highest BCUT2D eigenvalue weighted by molar-refractivity contribution is 6.22. The molecule has 0 amide bonds. The first-order chi connectivity index (χ1) is 9.74. The molecule has 0 aliphatic carbocycles. The van der Waals surface area contributed by atoms with Crippen molar-refractivity contribution in [2.75, 3.05) is 0 Å². The summed E-state index contributed by atoms with van der Waals surface area (Å²) in [6.45, 7) is 0. The molecule has 0 aliphatic heterocycles. The predicted molar refractivity (Wildman–Crippen MR) is 76.1 cm³/mol. The molecule has 2 aromatic carbocycles. The molecule has 0 spiro atoms. The molecule has 0 heterocycles. The third-order valence-corrected chi connectivity index (χ3v) is 3.22. The lowest BCUT2D eigenvalue weighted by molar-refractivity contribution is 0.564. The van der Waals surface area contributed by atoms with Crippen LogP contribution in [0.25, 0.3) is 0 Å². The average Bonchev–Trinajstić information content (AvgIpc) is 2.49. The van der Waals surface area contributed by atoms with Crippen LogP contribution in [0.5, 0.6) is 0 Å². The third kappa shape index (κ3) is 3.28. The topological polar surface area (TPSA) is 58.9 Å². The van der Waals surface area contributed by atoms with Gasteiger partial charge in [-0.25, -0.2) is 9.59 Å². The number of halogens is 1. The van der Waals surface area contributed by atoms with Gasteiger partial charge in [-0.15, -0.1) is 11.6 Å². The Kier molecular flexibility index (Phi) is 4.59. The Morgan fingerprint density at radius 3 is 1.40 bits per heavy atom. The van der Waals surface area contributed by atoms with Crippen molar-refractivity contribution in [3.63, 3.8) is 0 Å². The molecule has 0 saturated heterocycles. The second kappa shape index (κ2) is 6.60. The number of hydrogen-bond donors (Lipinski definition) is 0. The second-order valence-electron chi connectivity index (χ2n) is 3.95. The van der Waals surface area contributed by atoms with Crippen LogP contribution in [0.4, 0.5) is 11.4 Å². The van der Waals surface area contributed by atoms with Gasteiger partial charge in [0.25, 0.3) is 0 Å². The quantitative estimate of drug-likeness (QED) is 0.485. The summed E-state index contributed by atoms with van der Waals surface area (Å²) in [4.78, 5) is 27.3. The fourth-order valence-electron chi connectivity index (χ4n) is 1.73. The summed E-state index contributed by atoms with van der Waals surface area (Å²) < 4.78 is 0. The molecule has 98 valence electrons. The maximum atomic E-state index is 10.1. The molecule has 0 saturated carbocycles. The molecule has 0 bridgehead atoms. The Hall–Kier alpha value is -2.51. The van der Waals surface area contributed by atoms with E-state index in [9.17, 15) is 9.59 Å². The van der Waals surface area contributed by atoms with Crippen LogP contribution in [0.15, 0.2) is 58.5 Å². The fraction of sp³-hybridized carbons (Fsp3) is 0.0667. The minimum absolute atomic E-state index is 0.335. The van der Waals surface area contributed by atoms with Gasteiger partial charge in [-0.1, -0.05) is 24.3 Å². The molecule has 0 aliphatic rings. The van der Waals surface area contributed by atoms with Crippen molar-refractivity contribution in [2.45, 2.75) is 5.38 Å². The largest absolute Gasteiger partial charge is 0.240 e. The number of hydrogen-bond acceptors (Lipinski definition) is 4. The normalized spacial score (nSPS) is 11.1. The van der Waals surface area contributed by atoms with E-state index in [0.717, 1.165) is 11.1 Å². The highest BCUT2D eigenvalue weighted by atomic mass is 35.5. The van der Waals surface area contributed by atoms with Crippen LogP contribution in [0, 0.1) is 0 Å². The van der Waals surface area contributed by atoms with Crippen molar-refractivity contribution >= 4 is 35.1 Å². The smallest absolute Gasteiger partial charge is 0.211 e. The number of rotatable bonds is 4. The van der Waals surface area contributed by atoms with Gasteiger partial charge in [-0.05, 0) is 35.4 Å². The van der Waals surface area contributed by atoms with Gasteiger partial charge in [-0.3, -0.25) is 0 Å². The van der Waals surface area contributed by atoms with E-state index in [2.05, 4.69) is 9.98 Å². The molecule has 2 rings (SSSR count). The molecule has 0 fully saturated rings. The molecule has 0 unspecified atom stereocenters. The van der Waals surface area contributed by atoms with Crippen molar-refractivity contribution in [3.05, 3.63) is 59.7 Å². The lowest BCUT2D eigenvalue weighted by atomic mass is 10.0. The van der Waals surface area contributed by atoms with Crippen LogP contribution in [0.2, 0.25) is 0 Å². The first-order valence-corrected chi connectivity index (χ1v) is 6.18. The monoisotopic (exact) mass is 284 g/mol. The van der Waals surface area contributed by atoms with E-state index < -0.39 is 0 Å². The number of alkyl halides is 1. The van der Waals surface area contributed by atoms with E-state index in [1.54, 1.807) is 48.5 Å². The van der Waals surface area contributed by atoms with E-state index in [1.807, 2.05) is 0 Å². The van der Waals surface area contributed by atoms with Crippen LogP contribution in [0.3, 0.4) is 0 Å². The summed E-state index contributed by atoms with van der Waals surface area (Å²) >= 11 is 6.37. The Morgan fingerprint density at radius 1 is 0.750 bits per heavy atom. The van der Waals surface area contributed by atoms with Crippen LogP contribution < -0.4 is 0 Å². The SMILES string of the molecule is O=C=Nc1ccc(C(Cl)c2ccc(N=C=O)cc2)cc1. The van der Waals surface area contributed by atoms with Crippen molar-refractivity contribution in [1.82, 2.24) is 0 Å². The van der Waals surface area contributed by atoms with Crippen molar-refractivity contribution in [1.29, 1.82) is 0 Å². The zero-order valence-electron chi connectivity index (χ0n) is 10.3. The molecular weight excluding hydrogens is 276 g/mol. The fourth-order valence-corrected chi connectivity index (χ4v) is 2.02. The van der Waals surface area contributed by atoms with Gasteiger partial charge in [0.1, 0.15) is 0 Å². The van der Waals surface area contributed by atoms with E-state index in [0.29, 0.717) is 11.4 Å². The van der Waals surface area contributed by atoms with Crippen LogP contribution in [-0.4, -0.2) is 12.2 Å². The van der Waals surface area contributed by atoms with Gasteiger partial charge in [0.2, 0.25) is 12.2 Å². The van der Waals surface area contributed by atoms with Crippen LogP contribution >= 0.6 is 11.6 Å². The first kappa shape index (κ1) is 13.9. The Balaban J connectivity index is 2.23.